The Morgan fingerprint density at radius 3 is 2.20 bits per heavy atom. The maximum Gasteiger partial charge on any atom is 0.305 e. The van der Waals surface area contributed by atoms with Crippen LogP contribution >= 0.6 is 0 Å². The van der Waals surface area contributed by atoms with Gasteiger partial charge in [-0.3, -0.25) is 4.79 Å². The number of carbonyl (C=O) groups is 1. The minimum absolute atomic E-state index is 0.114. The van der Waals surface area contributed by atoms with Crippen molar-refractivity contribution in [2.75, 3.05) is 7.11 Å². The average Bonchev–Trinajstić information content (AvgIpc) is 2.67. The van der Waals surface area contributed by atoms with E-state index in [4.69, 9.17) is 4.43 Å². The summed E-state index contributed by atoms with van der Waals surface area (Å²) in [6.07, 6.45) is 17.1. The number of ether oxygens (including phenoxy) is 1. The zero-order valence-corrected chi connectivity index (χ0v) is 21.7. The number of allylic oxidation sites excluding steroid dienone is 3. The number of aliphatic hydroxyl groups excluding tert-OH is 1. The lowest BCUT2D eigenvalue weighted by Gasteiger charge is -2.40. The van der Waals surface area contributed by atoms with Gasteiger partial charge in [0, 0.05) is 6.42 Å². The Morgan fingerprint density at radius 2 is 1.60 bits per heavy atom. The molecule has 0 radical (unpaired) electrons. The molecule has 0 spiro atoms. The standard InChI is InChI=1S/C25H48O4Si/c1-8-9-10-11-13-16-19-22(26)23(29-30(6,7)25(2,3)4)20-17-14-12-15-18-21-24(27)28-5/h9-10,13,16,22-23,26H,8,11-12,14-15,17-21H2,1-7H3/b10-9-,16-13-. The van der Waals surface area contributed by atoms with Gasteiger partial charge in [0.05, 0.1) is 19.3 Å². The lowest BCUT2D eigenvalue weighted by atomic mass is 10.0. The van der Waals surface area contributed by atoms with Gasteiger partial charge in [-0.25, -0.2) is 0 Å². The molecule has 0 aliphatic carbocycles. The molecule has 0 amide bonds. The second kappa shape index (κ2) is 15.8. The Bertz CT molecular complexity index is 506. The van der Waals surface area contributed by atoms with E-state index in [1.165, 1.54) is 7.11 Å². The number of aliphatic hydroxyl groups is 1. The fraction of sp³-hybridized carbons (Fsp3) is 0.800. The zero-order chi connectivity index (χ0) is 23.0. The van der Waals surface area contributed by atoms with Crippen molar-refractivity contribution in [2.24, 2.45) is 0 Å². The van der Waals surface area contributed by atoms with Crippen molar-refractivity contribution in [3.05, 3.63) is 24.3 Å². The lowest BCUT2D eigenvalue weighted by Crippen LogP contribution is -2.47. The van der Waals surface area contributed by atoms with Crippen LogP contribution in [0.5, 0.6) is 0 Å². The molecule has 0 aliphatic heterocycles. The minimum Gasteiger partial charge on any atom is -0.469 e. The maximum absolute atomic E-state index is 11.2. The van der Waals surface area contributed by atoms with Crippen LogP contribution in [0.15, 0.2) is 24.3 Å². The highest BCUT2D eigenvalue weighted by Crippen LogP contribution is 2.38. The molecule has 1 N–H and O–H groups in total. The first-order valence-electron chi connectivity index (χ1n) is 11.8. The third-order valence-electron chi connectivity index (χ3n) is 6.00. The first-order chi connectivity index (χ1) is 14.0. The molecule has 0 aromatic carbocycles. The number of rotatable bonds is 16. The van der Waals surface area contributed by atoms with Crippen LogP contribution in [-0.4, -0.2) is 38.7 Å². The van der Waals surface area contributed by atoms with Crippen LogP contribution in [0.4, 0.5) is 0 Å². The smallest absolute Gasteiger partial charge is 0.305 e. The molecule has 0 aromatic heterocycles. The number of hydrogen-bond donors (Lipinski definition) is 1. The van der Waals surface area contributed by atoms with E-state index in [-0.39, 0.29) is 17.1 Å². The molecule has 0 bridgehead atoms. The molecule has 5 heteroatoms. The van der Waals surface area contributed by atoms with E-state index >= 15 is 0 Å². The molecule has 0 aliphatic rings. The van der Waals surface area contributed by atoms with Gasteiger partial charge < -0.3 is 14.3 Å². The summed E-state index contributed by atoms with van der Waals surface area (Å²) in [5, 5.41) is 11.0. The number of esters is 1. The second-order valence-corrected chi connectivity index (χ2v) is 14.4. The van der Waals surface area contributed by atoms with Crippen LogP contribution in [0.1, 0.15) is 91.9 Å². The highest BCUT2D eigenvalue weighted by molar-refractivity contribution is 6.74. The topological polar surface area (TPSA) is 55.8 Å². The Kier molecular flexibility index (Phi) is 15.3. The Hall–Kier alpha value is -0.913. The highest BCUT2D eigenvalue weighted by atomic mass is 28.4. The van der Waals surface area contributed by atoms with Gasteiger partial charge in [0.2, 0.25) is 0 Å². The largest absolute Gasteiger partial charge is 0.469 e. The summed E-state index contributed by atoms with van der Waals surface area (Å²) in [4.78, 5) is 11.2. The van der Waals surface area contributed by atoms with Crippen LogP contribution in [-0.2, 0) is 14.0 Å². The lowest BCUT2D eigenvalue weighted by molar-refractivity contribution is -0.140. The van der Waals surface area contributed by atoms with E-state index in [2.05, 4.69) is 69.8 Å². The van der Waals surface area contributed by atoms with E-state index in [1.807, 2.05) is 0 Å². The average molecular weight is 441 g/mol. The molecule has 30 heavy (non-hydrogen) atoms. The maximum atomic E-state index is 11.2. The fourth-order valence-electron chi connectivity index (χ4n) is 2.96. The molecule has 2 unspecified atom stereocenters. The number of hydrogen-bond acceptors (Lipinski definition) is 4. The van der Waals surface area contributed by atoms with Crippen molar-refractivity contribution in [2.45, 2.75) is 122 Å². The van der Waals surface area contributed by atoms with Crippen LogP contribution in [0.2, 0.25) is 18.1 Å². The van der Waals surface area contributed by atoms with Crippen molar-refractivity contribution < 1.29 is 19.1 Å². The van der Waals surface area contributed by atoms with Gasteiger partial charge in [-0.2, -0.15) is 0 Å². The van der Waals surface area contributed by atoms with E-state index in [1.54, 1.807) is 0 Å². The Balaban J connectivity index is 4.61. The van der Waals surface area contributed by atoms with Crippen LogP contribution in [0.25, 0.3) is 0 Å². The van der Waals surface area contributed by atoms with Gasteiger partial charge >= 0.3 is 5.97 Å². The Labute approximate surface area is 187 Å². The normalized spacial score (nSPS) is 15.1. The second-order valence-electron chi connectivity index (χ2n) is 9.69. The van der Waals surface area contributed by atoms with Crippen LogP contribution in [0, 0.1) is 0 Å². The van der Waals surface area contributed by atoms with Gasteiger partial charge in [-0.1, -0.05) is 77.7 Å². The van der Waals surface area contributed by atoms with E-state index in [9.17, 15) is 9.90 Å². The molecular formula is C25H48O4Si. The van der Waals surface area contributed by atoms with Gasteiger partial charge in [0.25, 0.3) is 0 Å². The molecule has 0 saturated carbocycles. The first-order valence-corrected chi connectivity index (χ1v) is 14.7. The van der Waals surface area contributed by atoms with Crippen LogP contribution < -0.4 is 0 Å². The van der Waals surface area contributed by atoms with Crippen molar-refractivity contribution in [3.63, 3.8) is 0 Å². The molecule has 4 nitrogen and oxygen atoms in total. The third kappa shape index (κ3) is 13.4. The zero-order valence-electron chi connectivity index (χ0n) is 20.7. The van der Waals surface area contributed by atoms with E-state index in [0.29, 0.717) is 12.8 Å². The van der Waals surface area contributed by atoms with Crippen molar-refractivity contribution in [1.29, 1.82) is 0 Å². The number of unbranched alkanes of at least 4 members (excludes halogenated alkanes) is 4. The summed E-state index contributed by atoms with van der Waals surface area (Å²) >= 11 is 0. The number of methoxy groups -OCH3 is 1. The van der Waals surface area contributed by atoms with Crippen molar-refractivity contribution >= 4 is 14.3 Å². The third-order valence-corrected chi connectivity index (χ3v) is 10.5. The monoisotopic (exact) mass is 440 g/mol. The summed E-state index contributed by atoms with van der Waals surface area (Å²) in [6, 6.07) is 0. The molecule has 0 aromatic rings. The molecule has 0 rings (SSSR count). The molecular weight excluding hydrogens is 392 g/mol. The van der Waals surface area contributed by atoms with Gasteiger partial charge in [0.15, 0.2) is 8.32 Å². The summed E-state index contributed by atoms with van der Waals surface area (Å²) in [7, 11) is -0.503. The Morgan fingerprint density at radius 1 is 1.00 bits per heavy atom. The summed E-state index contributed by atoms with van der Waals surface area (Å²) in [5.41, 5.74) is 0. The minimum atomic E-state index is -1.94. The quantitative estimate of drug-likeness (QED) is 0.122. The molecule has 2 atom stereocenters. The first kappa shape index (κ1) is 29.1. The number of carbonyl (C=O) groups excluding carboxylic acids is 1. The van der Waals surface area contributed by atoms with Gasteiger partial charge in [-0.15, -0.1) is 0 Å². The van der Waals surface area contributed by atoms with E-state index in [0.717, 1.165) is 51.4 Å². The predicted molar refractivity (Wildman–Crippen MR) is 130 cm³/mol. The van der Waals surface area contributed by atoms with E-state index < -0.39 is 14.4 Å². The molecule has 0 heterocycles. The van der Waals surface area contributed by atoms with Gasteiger partial charge in [0.1, 0.15) is 0 Å². The molecule has 0 fully saturated rings. The highest BCUT2D eigenvalue weighted by Gasteiger charge is 2.40. The summed E-state index contributed by atoms with van der Waals surface area (Å²) in [5.74, 6) is -0.126. The summed E-state index contributed by atoms with van der Waals surface area (Å²) in [6.45, 7) is 13.4. The SMILES string of the molecule is CC/C=C\C/C=C\CC(O)C(CCCCCCCC(=O)OC)O[Si](C)(C)C(C)(C)C. The fourth-order valence-corrected chi connectivity index (χ4v) is 4.34. The molecule has 0 saturated heterocycles. The summed E-state index contributed by atoms with van der Waals surface area (Å²) < 4.78 is 11.3. The predicted octanol–water partition coefficient (Wildman–Crippen LogP) is 6.94. The van der Waals surface area contributed by atoms with Crippen molar-refractivity contribution in [3.8, 4) is 0 Å². The van der Waals surface area contributed by atoms with Crippen molar-refractivity contribution in [1.82, 2.24) is 0 Å². The van der Waals surface area contributed by atoms with Gasteiger partial charge in [-0.05, 0) is 50.2 Å². The van der Waals surface area contributed by atoms with Crippen LogP contribution in [0.3, 0.4) is 0 Å². The molecule has 176 valence electrons.